The second kappa shape index (κ2) is 35.2. The molecule has 1 aliphatic rings. The van der Waals surface area contributed by atoms with Crippen LogP contribution in [-0.4, -0.2) is 180 Å². The molecule has 0 spiro atoms. The number of aromatic amines is 1. The van der Waals surface area contributed by atoms with Gasteiger partial charge in [0.25, 0.3) is 11.8 Å². The molecule has 29 nitrogen and oxygen atoms in total. The Labute approximate surface area is 458 Å². The van der Waals surface area contributed by atoms with Gasteiger partial charge in [0.1, 0.15) is 41.6 Å². The van der Waals surface area contributed by atoms with Crippen LogP contribution in [0.3, 0.4) is 0 Å². The van der Waals surface area contributed by atoms with E-state index in [1.54, 1.807) is 12.3 Å². The van der Waals surface area contributed by atoms with Crippen LogP contribution < -0.4 is 77.8 Å². The third kappa shape index (κ3) is 22.1. The molecule has 1 saturated heterocycles. The number of rotatable bonds is 36. The molecule has 1 aromatic heterocycles. The lowest BCUT2D eigenvalue weighted by atomic mass is 10.0. The number of unbranched alkanes of at least 4 members (excludes halogenated alkanes) is 2. The first-order valence-corrected chi connectivity index (χ1v) is 26.5. The highest BCUT2D eigenvalue weighted by Crippen LogP contribution is 2.22. The Bertz CT molecular complexity index is 2460. The van der Waals surface area contributed by atoms with Crippen molar-refractivity contribution in [2.45, 2.75) is 132 Å². The number of aliphatic imine (C=N–C) groups is 2. The molecule has 0 bridgehead atoms. The van der Waals surface area contributed by atoms with Gasteiger partial charge in [-0.25, -0.2) is 9.79 Å². The number of para-hydroxylation sites is 1. The van der Waals surface area contributed by atoms with E-state index in [-0.39, 0.29) is 102 Å². The molecule has 1 fully saturated rings. The maximum atomic E-state index is 14.4. The molecule has 0 radical (unpaired) electrons. The van der Waals surface area contributed by atoms with Gasteiger partial charge in [0, 0.05) is 43.2 Å². The molecule has 8 amide bonds. The third-order valence-corrected chi connectivity index (χ3v) is 12.8. The molecule has 1 aromatic carbocycles. The van der Waals surface area contributed by atoms with Crippen LogP contribution in [0, 0.1) is 0 Å². The number of aromatic nitrogens is 1. The summed E-state index contributed by atoms with van der Waals surface area (Å²) in [4.78, 5) is 135. The Morgan fingerprint density at radius 2 is 1.41 bits per heavy atom. The number of amides is 8. The van der Waals surface area contributed by atoms with Crippen LogP contribution in [0.5, 0.6) is 0 Å². The number of carbonyl (C=O) groups excluding carboxylic acids is 8. The third-order valence-electron chi connectivity index (χ3n) is 12.8. The number of aliphatic carboxylic acids is 1. The molecule has 3 rings (SSSR count). The van der Waals surface area contributed by atoms with Crippen LogP contribution in [0.2, 0.25) is 0 Å². The molecule has 2 aromatic rings. The summed E-state index contributed by atoms with van der Waals surface area (Å²) in [5.74, 6) is -8.36. The number of likely N-dealkylation sites (tertiary alicyclic amines) is 1. The van der Waals surface area contributed by atoms with Crippen molar-refractivity contribution in [3.63, 3.8) is 0 Å². The van der Waals surface area contributed by atoms with Gasteiger partial charge >= 0.3 is 5.97 Å². The number of H-pyrrole nitrogens is 1. The predicted octanol–water partition coefficient (Wildman–Crippen LogP) is -5.14. The Hall–Kier alpha value is -7.41. The average Bonchev–Trinajstić information content (AvgIpc) is 4.12. The quantitative estimate of drug-likeness (QED) is 0.0131. The van der Waals surface area contributed by atoms with Crippen molar-refractivity contribution in [2.24, 2.45) is 55.9 Å². The maximum absolute atomic E-state index is 14.4. The van der Waals surface area contributed by atoms with Gasteiger partial charge in [-0.3, -0.25) is 43.3 Å². The lowest BCUT2D eigenvalue weighted by Gasteiger charge is -2.28. The lowest BCUT2D eigenvalue weighted by molar-refractivity contribution is -0.137. The zero-order chi connectivity index (χ0) is 58.4. The number of fused-ring (bicyclic) bond motifs is 1. The summed E-state index contributed by atoms with van der Waals surface area (Å²) in [6, 6.07) is -0.530. The van der Waals surface area contributed by atoms with Gasteiger partial charge in [-0.15, -0.1) is 0 Å². The van der Waals surface area contributed by atoms with E-state index in [1.807, 2.05) is 18.2 Å². The van der Waals surface area contributed by atoms with E-state index in [1.165, 1.54) is 11.0 Å². The monoisotopic (exact) mass is 1110 g/mol. The van der Waals surface area contributed by atoms with E-state index in [2.05, 4.69) is 46.9 Å². The molecule has 79 heavy (non-hydrogen) atoms. The van der Waals surface area contributed by atoms with Crippen molar-refractivity contribution in [3.05, 3.63) is 47.8 Å². The number of carboxylic acid groups (broad SMARTS) is 1. The van der Waals surface area contributed by atoms with E-state index >= 15 is 0 Å². The van der Waals surface area contributed by atoms with Gasteiger partial charge in [0.15, 0.2) is 5.96 Å². The predicted molar refractivity (Wildman–Crippen MR) is 294 cm³/mol. The highest BCUT2D eigenvalue weighted by atomic mass is 16.4. The van der Waals surface area contributed by atoms with E-state index in [0.717, 1.165) is 10.9 Å². The number of carbonyl (C=O) groups is 9. The van der Waals surface area contributed by atoms with Gasteiger partial charge in [-0.05, 0) is 115 Å². The minimum atomic E-state index is -1.60. The van der Waals surface area contributed by atoms with Gasteiger partial charge in [0.2, 0.25) is 35.4 Å². The molecular weight excluding hydrogens is 1030 g/mol. The molecule has 0 saturated carbocycles. The summed E-state index contributed by atoms with van der Waals surface area (Å²) in [6.45, 7) is -0.231. The number of aliphatic hydroxyl groups is 1. The Kier molecular flexibility index (Phi) is 29.3. The first kappa shape index (κ1) is 65.9. The zero-order valence-corrected chi connectivity index (χ0v) is 44.6. The number of guanidine groups is 1. The van der Waals surface area contributed by atoms with Crippen molar-refractivity contribution < 1.29 is 53.4 Å². The molecule has 7 atom stereocenters. The number of nitrogens with zero attached hydrogens (tertiary/aromatic N) is 3. The Morgan fingerprint density at radius 1 is 0.759 bits per heavy atom. The van der Waals surface area contributed by atoms with Crippen LogP contribution in [0.15, 0.2) is 52.2 Å². The van der Waals surface area contributed by atoms with Crippen molar-refractivity contribution >= 4 is 75.8 Å². The summed E-state index contributed by atoms with van der Waals surface area (Å²) in [6.07, 6.45) is 4.35. The molecule has 29 heteroatoms. The summed E-state index contributed by atoms with van der Waals surface area (Å²) < 4.78 is 0. The number of nitrogens with one attached hydrogen (secondary N) is 7. The van der Waals surface area contributed by atoms with Crippen molar-refractivity contribution in [2.75, 3.05) is 52.4 Å². The fourth-order valence-electron chi connectivity index (χ4n) is 8.47. The van der Waals surface area contributed by atoms with Crippen molar-refractivity contribution in [3.8, 4) is 0 Å². The van der Waals surface area contributed by atoms with Crippen LogP contribution in [0.4, 0.5) is 0 Å². The number of hydrogen-bond acceptors (Lipinski definition) is 17. The van der Waals surface area contributed by atoms with E-state index in [0.29, 0.717) is 44.2 Å². The number of carboxylic acids is 1. The fourth-order valence-corrected chi connectivity index (χ4v) is 8.47. The molecule has 438 valence electrons. The minimum absolute atomic E-state index is 0.0218. The summed E-state index contributed by atoms with van der Waals surface area (Å²) in [5.41, 5.74) is 45.7. The molecule has 0 unspecified atom stereocenters. The molecular formula is C50H82N18O11. The highest BCUT2D eigenvalue weighted by molar-refractivity contribution is 6.40. The van der Waals surface area contributed by atoms with Crippen LogP contribution >= 0.6 is 0 Å². The maximum Gasteiger partial charge on any atom is 0.352 e. The number of hydrogen-bond donors (Lipinski definition) is 17. The van der Waals surface area contributed by atoms with Crippen molar-refractivity contribution in [1.82, 2.24) is 41.8 Å². The average molecular weight is 1110 g/mol. The van der Waals surface area contributed by atoms with E-state index in [4.69, 9.17) is 45.9 Å². The van der Waals surface area contributed by atoms with Gasteiger partial charge < -0.3 is 97.9 Å². The van der Waals surface area contributed by atoms with E-state index in [9.17, 15) is 53.4 Å². The SMILES string of the molecule is NCCCC[C@H](NC(=O)[C@H](Cc1c[nH]c2ccccc12)NC(=O)[C@@H]1CCCN1C(=O)C(CCCN)=NC(=O)CNC(=O)[C@H](CCCN)NC(=O)[C@@H](NC(=O)[C@@H](N)CCCCN)[C@@H](O)CN)C(=O)N/C(=C\CCN=C(N)N)C(=O)O. The summed E-state index contributed by atoms with van der Waals surface area (Å²) in [7, 11) is 0. The van der Waals surface area contributed by atoms with Crippen LogP contribution in [-0.2, 0) is 49.6 Å². The molecule has 25 N–H and O–H groups in total. The standard InChI is InChI=1S/C50H82N18O11/c51-19-5-3-12-31(56)42(71)67-41(39(69)26-55)47(76)64-33(15-7-21-53)43(72)61-28-40(70)62-35(16-8-22-54)48(77)68-24-10-18-38(68)46(75)66-37(25-29-27-60-32-13-2-1-11-30(29)32)45(74)63-34(14-4-6-20-52)44(73)65-36(49(78)79)17-9-23-59-50(57)58/h1-2,11,13,17,27,31,33-34,37-39,41,60,69H,3-10,12,14-16,18-26,28,51-56H2,(H,61,72)(H,63,74)(H,64,76)(H,65,73)(H,66,75)(H,67,71)(H,78,79)(H4,57,58,59)/b36-17-,62-35?/t31-,33-,34-,37-,38-,39-,41-/m0/s1. The summed E-state index contributed by atoms with van der Waals surface area (Å²) in [5, 5.41) is 36.3. The Morgan fingerprint density at radius 3 is 2.06 bits per heavy atom. The van der Waals surface area contributed by atoms with Crippen LogP contribution in [0.25, 0.3) is 10.9 Å². The Balaban J connectivity index is 1.86. The molecule has 0 aliphatic carbocycles. The first-order valence-electron chi connectivity index (χ1n) is 26.5. The number of benzene rings is 1. The number of aliphatic hydroxyl groups excluding tert-OH is 1. The summed E-state index contributed by atoms with van der Waals surface area (Å²) >= 11 is 0. The number of nitrogens with two attached hydrogens (primary N) is 8. The van der Waals surface area contributed by atoms with Gasteiger partial charge in [-0.1, -0.05) is 30.7 Å². The minimum Gasteiger partial charge on any atom is -0.477 e. The largest absolute Gasteiger partial charge is 0.477 e. The molecule has 2 heterocycles. The van der Waals surface area contributed by atoms with Crippen molar-refractivity contribution in [1.29, 1.82) is 0 Å². The lowest BCUT2D eigenvalue weighted by Crippen LogP contribution is -2.60. The normalized spacial score (nSPS) is 15.9. The first-order chi connectivity index (χ1) is 37.8. The van der Waals surface area contributed by atoms with Crippen LogP contribution in [0.1, 0.15) is 89.0 Å². The highest BCUT2D eigenvalue weighted by Gasteiger charge is 2.39. The second-order valence-electron chi connectivity index (χ2n) is 18.9. The second-order valence-corrected chi connectivity index (χ2v) is 18.9. The van der Waals surface area contributed by atoms with E-state index < -0.39 is 114 Å². The van der Waals surface area contributed by atoms with Gasteiger partial charge in [0.05, 0.1) is 18.7 Å². The smallest absolute Gasteiger partial charge is 0.352 e. The topological polar surface area (TPSA) is 518 Å². The zero-order valence-electron chi connectivity index (χ0n) is 44.6. The van der Waals surface area contributed by atoms with Gasteiger partial charge in [-0.2, -0.15) is 0 Å². The molecule has 1 aliphatic heterocycles. The fraction of sp³-hybridized carbons (Fsp3) is 0.580.